The molecule has 56 heavy (non-hydrogen) atoms. The summed E-state index contributed by atoms with van der Waals surface area (Å²) >= 11 is 9.80. The summed E-state index contributed by atoms with van der Waals surface area (Å²) in [5, 5.41) is 0. The number of ether oxygens (including phenoxy) is 1. The largest absolute Gasteiger partial charge is 0.274 e. The standard InChI is InChI=1S/C22H31OS2.C12H13Br2NO2S.3C4H9.Sn/c1-4-6-8-10-13-22(14-11-9-7-5-2)18-12-15-24-20(18)21-19(23-22)16-17(3)25-21;1-2-3-4-5-6-15-11(16)7-8(12(15)17)10(14)18-9(7)13;3*1-3-4-2;/h12,16H,4-11,13-14H2,1-3H3;2-6H2,1H3;3*1,3-4H2,2H3;. The van der Waals surface area contributed by atoms with Gasteiger partial charge in [-0.1, -0.05) is 26.2 Å². The molecule has 0 aromatic carbocycles. The fourth-order valence-corrected chi connectivity index (χ4v) is 33.2. The number of carbonyl (C=O) groups is 2. The van der Waals surface area contributed by atoms with Crippen molar-refractivity contribution in [3.63, 3.8) is 0 Å². The minimum absolute atomic E-state index is 0.107. The number of hydrogen-bond acceptors (Lipinski definition) is 6. The van der Waals surface area contributed by atoms with Gasteiger partial charge in [-0.2, -0.15) is 0 Å². The van der Waals surface area contributed by atoms with Gasteiger partial charge in [0.05, 0.1) is 18.7 Å². The summed E-state index contributed by atoms with van der Waals surface area (Å²) in [6.45, 7) is 16.8. The Bertz CT molecular complexity index is 1610. The van der Waals surface area contributed by atoms with Crippen LogP contribution in [0.4, 0.5) is 0 Å². The first-order valence-electron chi connectivity index (χ1n) is 22.3. The van der Waals surface area contributed by atoms with E-state index in [1.807, 2.05) is 14.2 Å². The smallest absolute Gasteiger partial charge is 0.263 e. The number of nitrogens with zero attached hydrogens (tertiary/aromatic N) is 1. The zero-order valence-electron chi connectivity index (χ0n) is 35.8. The maximum Gasteiger partial charge on any atom is 0.263 e. The van der Waals surface area contributed by atoms with Gasteiger partial charge in [0.25, 0.3) is 11.8 Å². The zero-order chi connectivity index (χ0) is 40.7. The van der Waals surface area contributed by atoms with Gasteiger partial charge in [0, 0.05) is 6.54 Å². The Balaban J connectivity index is 0.000000321. The van der Waals surface area contributed by atoms with Crippen molar-refractivity contribution < 1.29 is 14.3 Å². The van der Waals surface area contributed by atoms with Crippen molar-refractivity contribution in [2.75, 3.05) is 6.54 Å². The molecule has 3 aromatic heterocycles. The van der Waals surface area contributed by atoms with Crippen LogP contribution in [0.1, 0.15) is 201 Å². The molecule has 0 aliphatic carbocycles. The summed E-state index contributed by atoms with van der Waals surface area (Å²) in [4.78, 5) is 30.2. The van der Waals surface area contributed by atoms with E-state index in [-0.39, 0.29) is 17.4 Å². The first-order valence-corrected chi connectivity index (χ1v) is 33.9. The van der Waals surface area contributed by atoms with Crippen molar-refractivity contribution in [1.82, 2.24) is 4.90 Å². The summed E-state index contributed by atoms with van der Waals surface area (Å²) in [7, 11) is 0. The van der Waals surface area contributed by atoms with Crippen molar-refractivity contribution in [2.24, 2.45) is 0 Å². The average Bonchev–Trinajstić information content (AvgIpc) is 3.94. The molecule has 0 atom stereocenters. The maximum absolute atomic E-state index is 12.2. The second-order valence-electron chi connectivity index (χ2n) is 16.4. The van der Waals surface area contributed by atoms with Crippen LogP contribution in [0.5, 0.6) is 5.75 Å². The second kappa shape index (κ2) is 24.3. The Labute approximate surface area is 373 Å². The van der Waals surface area contributed by atoms with Crippen LogP contribution in [0.15, 0.2) is 19.7 Å². The first-order chi connectivity index (χ1) is 27.1. The van der Waals surface area contributed by atoms with Gasteiger partial charge in [0.1, 0.15) is 0 Å². The third-order valence-corrected chi connectivity index (χ3v) is 35.0. The predicted octanol–water partition coefficient (Wildman–Crippen LogP) is 16.8. The topological polar surface area (TPSA) is 46.6 Å². The number of unbranched alkanes of at least 4 members (excludes halogenated alkanes) is 12. The molecule has 5 rings (SSSR count). The molecule has 2 amide bonds. The number of thiophene rings is 3. The molecule has 0 saturated carbocycles. The van der Waals surface area contributed by atoms with Crippen LogP contribution in [-0.2, 0) is 5.60 Å². The molecule has 0 radical (unpaired) electrons. The minimum Gasteiger partial charge on any atom is -0.274 e. The third kappa shape index (κ3) is 12.0. The van der Waals surface area contributed by atoms with Gasteiger partial charge in [-0.25, -0.2) is 0 Å². The van der Waals surface area contributed by atoms with Gasteiger partial charge in [-0.05, 0) is 38.3 Å². The van der Waals surface area contributed by atoms with E-state index in [1.54, 1.807) is 23.8 Å². The molecule has 0 saturated heterocycles. The van der Waals surface area contributed by atoms with Crippen molar-refractivity contribution in [2.45, 2.75) is 196 Å². The van der Waals surface area contributed by atoms with E-state index in [2.05, 4.69) is 104 Å². The Hall–Kier alpha value is -0.201. The van der Waals surface area contributed by atoms with Crippen LogP contribution in [-0.4, -0.2) is 41.6 Å². The fraction of sp³-hybridized carbons (Fsp3) is 0.696. The van der Waals surface area contributed by atoms with E-state index in [1.165, 1.54) is 134 Å². The van der Waals surface area contributed by atoms with Gasteiger partial charge in [0.15, 0.2) is 0 Å². The second-order valence-corrected chi connectivity index (χ2v) is 36.6. The van der Waals surface area contributed by atoms with Gasteiger partial charge in [-0.15, -0.1) is 11.3 Å². The molecule has 0 bridgehead atoms. The number of hydrogen-bond donors (Lipinski definition) is 0. The molecule has 2 aliphatic rings. The van der Waals surface area contributed by atoms with Crippen LogP contribution < -0.4 is 7.63 Å². The Morgan fingerprint density at radius 3 is 1.57 bits per heavy atom. The van der Waals surface area contributed by atoms with Gasteiger partial charge < -0.3 is 0 Å². The third-order valence-electron chi connectivity index (χ3n) is 11.9. The fourth-order valence-electron chi connectivity index (χ4n) is 8.63. The quantitative estimate of drug-likeness (QED) is 0.0483. The molecule has 10 heteroatoms. The molecule has 0 fully saturated rings. The Morgan fingerprint density at radius 2 is 1.09 bits per heavy atom. The molecule has 2 aliphatic heterocycles. The van der Waals surface area contributed by atoms with Crippen molar-refractivity contribution in [1.29, 1.82) is 0 Å². The summed E-state index contributed by atoms with van der Waals surface area (Å²) in [6.07, 6.45) is 25.5. The average molecular weight is 1060 g/mol. The number of carbonyl (C=O) groups excluding carboxylic acids is 2. The summed E-state index contributed by atoms with van der Waals surface area (Å²) in [5.41, 5.74) is 2.55. The van der Waals surface area contributed by atoms with E-state index in [4.69, 9.17) is 4.74 Å². The molecule has 0 N–H and O–H groups in total. The van der Waals surface area contributed by atoms with Crippen LogP contribution >= 0.6 is 65.9 Å². The molecule has 4 nitrogen and oxygen atoms in total. The molecule has 0 unspecified atom stereocenters. The predicted molar refractivity (Wildman–Crippen MR) is 256 cm³/mol. The normalized spacial score (nSPS) is 14.4. The minimum atomic E-state index is -2.51. The number of amides is 2. The zero-order valence-corrected chi connectivity index (χ0v) is 44.3. The van der Waals surface area contributed by atoms with E-state index >= 15 is 0 Å². The van der Waals surface area contributed by atoms with E-state index in [0.29, 0.717) is 17.7 Å². The van der Waals surface area contributed by atoms with Crippen molar-refractivity contribution in [3.8, 4) is 15.5 Å². The monoisotopic (exact) mass is 1060 g/mol. The molecule has 3 aromatic rings. The molecular formula is C46H71Br2NO3S3Sn. The number of imide groups is 1. The molecule has 314 valence electrons. The molecular weight excluding hydrogens is 989 g/mol. The van der Waals surface area contributed by atoms with Crippen molar-refractivity contribution in [3.05, 3.63) is 41.3 Å². The summed E-state index contributed by atoms with van der Waals surface area (Å²) < 4.78 is 15.3. The number of aryl methyl sites for hydroxylation is 1. The van der Waals surface area contributed by atoms with E-state index in [0.717, 1.165) is 33.3 Å². The van der Waals surface area contributed by atoms with Crippen LogP contribution in [0, 0.1) is 6.92 Å². The maximum atomic E-state index is 12.2. The van der Waals surface area contributed by atoms with E-state index in [9.17, 15) is 9.59 Å². The van der Waals surface area contributed by atoms with Crippen molar-refractivity contribution >= 4 is 99.0 Å². The number of halogens is 2. The van der Waals surface area contributed by atoms with Gasteiger partial charge in [0.2, 0.25) is 0 Å². The number of fused-ring (bicyclic) bond motifs is 4. The van der Waals surface area contributed by atoms with Crippen LogP contribution in [0.3, 0.4) is 0 Å². The Kier molecular flexibility index (Phi) is 21.0. The van der Waals surface area contributed by atoms with Gasteiger partial charge >= 0.3 is 250 Å². The van der Waals surface area contributed by atoms with E-state index < -0.39 is 18.4 Å². The first kappa shape index (κ1) is 48.5. The van der Waals surface area contributed by atoms with Crippen LogP contribution in [0.2, 0.25) is 13.3 Å². The Morgan fingerprint density at radius 1 is 0.607 bits per heavy atom. The number of rotatable bonds is 25. The summed E-state index contributed by atoms with van der Waals surface area (Å²) in [6, 6.07) is 5.16. The van der Waals surface area contributed by atoms with Gasteiger partial charge in [-0.3, -0.25) is 14.5 Å². The molecule has 5 heterocycles. The SMILES string of the molecule is CCCCCCC1(CCCCCC)Oc2cc(C)sc2-c2s[c]([Sn]([CH2]CCC)([CH2]CCC)[CH2]CCC)cc21.CCCCCCN1C(=O)c2c(Br)sc(Br)c2C1=O. The summed E-state index contributed by atoms with van der Waals surface area (Å²) in [5.74, 6) is 0.872. The van der Waals surface area contributed by atoms with Crippen LogP contribution in [0.25, 0.3) is 9.75 Å². The molecule has 0 spiro atoms.